The fourth-order valence-corrected chi connectivity index (χ4v) is 4.30. The number of hydrogen-bond acceptors (Lipinski definition) is 5. The minimum absolute atomic E-state index is 0.0461. The number of amides is 2. The van der Waals surface area contributed by atoms with Crippen molar-refractivity contribution in [1.29, 1.82) is 0 Å². The average Bonchev–Trinajstić information content (AvgIpc) is 3.25. The van der Waals surface area contributed by atoms with Gasteiger partial charge in [0.2, 0.25) is 5.91 Å². The van der Waals surface area contributed by atoms with Crippen molar-refractivity contribution in [3.05, 3.63) is 71.6 Å². The standard InChI is InChI=1S/C24H19N3O3S/c28-22-10-7-17-11-18(6-9-20(17)25-22)21-14-31-24(26-21)27-23(29)13-30-19-8-5-15-3-1-2-4-16(15)12-19/h1-6,8-9,11-12,14H,7,10,13H2,(H,25,28)(H,26,27,29). The number of fused-ring (bicyclic) bond motifs is 2. The fourth-order valence-electron chi connectivity index (χ4n) is 3.57. The zero-order valence-electron chi connectivity index (χ0n) is 16.6. The van der Waals surface area contributed by atoms with E-state index in [4.69, 9.17) is 4.74 Å². The molecule has 0 atom stereocenters. The molecule has 154 valence electrons. The molecule has 0 radical (unpaired) electrons. The second kappa shape index (κ2) is 8.20. The molecule has 7 heteroatoms. The lowest BCUT2D eigenvalue weighted by Crippen LogP contribution is -2.20. The van der Waals surface area contributed by atoms with E-state index in [2.05, 4.69) is 15.6 Å². The van der Waals surface area contributed by atoms with Gasteiger partial charge >= 0.3 is 0 Å². The summed E-state index contributed by atoms with van der Waals surface area (Å²) in [5.74, 6) is 0.432. The average molecular weight is 430 g/mol. The molecule has 6 nitrogen and oxygen atoms in total. The third kappa shape index (κ3) is 4.27. The van der Waals surface area contributed by atoms with Crippen molar-refractivity contribution >= 4 is 44.7 Å². The van der Waals surface area contributed by atoms with Gasteiger partial charge in [-0.05, 0) is 47.0 Å². The van der Waals surface area contributed by atoms with Gasteiger partial charge in [-0.25, -0.2) is 4.98 Å². The van der Waals surface area contributed by atoms with Crippen LogP contribution in [0.1, 0.15) is 12.0 Å². The van der Waals surface area contributed by atoms with Gasteiger partial charge in [0.05, 0.1) is 5.69 Å². The number of rotatable bonds is 5. The molecule has 2 amide bonds. The van der Waals surface area contributed by atoms with Gasteiger partial charge in [0.15, 0.2) is 11.7 Å². The molecule has 0 spiro atoms. The van der Waals surface area contributed by atoms with Crippen molar-refractivity contribution in [3.8, 4) is 17.0 Å². The first-order valence-electron chi connectivity index (χ1n) is 9.94. The Morgan fingerprint density at radius 3 is 2.84 bits per heavy atom. The third-order valence-electron chi connectivity index (χ3n) is 5.14. The van der Waals surface area contributed by atoms with Crippen LogP contribution in [-0.2, 0) is 16.0 Å². The van der Waals surface area contributed by atoms with Crippen LogP contribution in [0.2, 0.25) is 0 Å². The Morgan fingerprint density at radius 1 is 1.06 bits per heavy atom. The molecule has 0 bridgehead atoms. The number of anilines is 2. The van der Waals surface area contributed by atoms with E-state index in [1.54, 1.807) is 0 Å². The Kier molecular flexibility index (Phi) is 5.09. The first kappa shape index (κ1) is 19.3. The number of nitrogens with zero attached hydrogens (tertiary/aromatic N) is 1. The zero-order chi connectivity index (χ0) is 21.2. The second-order valence-electron chi connectivity index (χ2n) is 7.30. The maximum absolute atomic E-state index is 12.3. The molecule has 5 rings (SSSR count). The summed E-state index contributed by atoms with van der Waals surface area (Å²) < 4.78 is 5.64. The van der Waals surface area contributed by atoms with Gasteiger partial charge in [-0.2, -0.15) is 0 Å². The molecule has 0 unspecified atom stereocenters. The predicted molar refractivity (Wildman–Crippen MR) is 123 cm³/mol. The highest BCUT2D eigenvalue weighted by Crippen LogP contribution is 2.30. The van der Waals surface area contributed by atoms with Crippen molar-refractivity contribution in [2.75, 3.05) is 17.2 Å². The highest BCUT2D eigenvalue weighted by atomic mass is 32.1. The zero-order valence-corrected chi connectivity index (χ0v) is 17.4. The van der Waals surface area contributed by atoms with Gasteiger partial charge < -0.3 is 10.1 Å². The van der Waals surface area contributed by atoms with E-state index in [1.165, 1.54) is 11.3 Å². The number of nitrogens with one attached hydrogen (secondary N) is 2. The van der Waals surface area contributed by atoms with Crippen LogP contribution in [0.3, 0.4) is 0 Å². The summed E-state index contributed by atoms with van der Waals surface area (Å²) in [6.45, 7) is -0.0915. The summed E-state index contributed by atoms with van der Waals surface area (Å²) in [7, 11) is 0. The second-order valence-corrected chi connectivity index (χ2v) is 8.16. The van der Waals surface area contributed by atoms with Gasteiger partial charge in [-0.1, -0.05) is 36.4 Å². The van der Waals surface area contributed by atoms with Crippen LogP contribution in [0.4, 0.5) is 10.8 Å². The largest absolute Gasteiger partial charge is 0.484 e. The molecular formula is C24H19N3O3S. The smallest absolute Gasteiger partial charge is 0.264 e. The normalized spacial score (nSPS) is 12.8. The molecule has 2 N–H and O–H groups in total. The summed E-state index contributed by atoms with van der Waals surface area (Å²) in [5, 5.41) is 10.3. The van der Waals surface area contributed by atoms with Crippen molar-refractivity contribution in [3.63, 3.8) is 0 Å². The molecule has 31 heavy (non-hydrogen) atoms. The summed E-state index contributed by atoms with van der Waals surface area (Å²) in [5.41, 5.74) is 3.70. The van der Waals surface area contributed by atoms with Crippen molar-refractivity contribution in [1.82, 2.24) is 4.98 Å². The molecule has 3 aromatic carbocycles. The quantitative estimate of drug-likeness (QED) is 0.475. The summed E-state index contributed by atoms with van der Waals surface area (Å²) in [6.07, 6.45) is 1.21. The predicted octanol–water partition coefficient (Wildman–Crippen LogP) is 4.87. The lowest BCUT2D eigenvalue weighted by atomic mass is 9.99. The van der Waals surface area contributed by atoms with Crippen LogP contribution in [0, 0.1) is 0 Å². The van der Waals surface area contributed by atoms with E-state index in [1.807, 2.05) is 66.0 Å². The fraction of sp³-hybridized carbons (Fsp3) is 0.125. The highest BCUT2D eigenvalue weighted by molar-refractivity contribution is 7.14. The van der Waals surface area contributed by atoms with Gasteiger partial charge in [0, 0.05) is 23.1 Å². The molecule has 0 fully saturated rings. The number of aromatic nitrogens is 1. The van der Waals surface area contributed by atoms with Crippen molar-refractivity contribution in [2.45, 2.75) is 12.8 Å². The Hall–Kier alpha value is -3.71. The highest BCUT2D eigenvalue weighted by Gasteiger charge is 2.16. The molecule has 4 aromatic rings. The Balaban J connectivity index is 1.22. The van der Waals surface area contributed by atoms with E-state index < -0.39 is 0 Å². The Labute approximate surface area is 182 Å². The first-order chi connectivity index (χ1) is 15.1. The number of thiazole rings is 1. The van der Waals surface area contributed by atoms with Crippen LogP contribution in [-0.4, -0.2) is 23.4 Å². The maximum Gasteiger partial charge on any atom is 0.264 e. The topological polar surface area (TPSA) is 80.3 Å². The van der Waals surface area contributed by atoms with E-state index >= 15 is 0 Å². The Morgan fingerprint density at radius 2 is 1.94 bits per heavy atom. The van der Waals surface area contributed by atoms with Crippen LogP contribution in [0.25, 0.3) is 22.0 Å². The molecular weight excluding hydrogens is 410 g/mol. The molecule has 2 heterocycles. The third-order valence-corrected chi connectivity index (χ3v) is 5.90. The molecule has 1 aliphatic heterocycles. The first-order valence-corrected chi connectivity index (χ1v) is 10.8. The number of ether oxygens (including phenoxy) is 1. The summed E-state index contributed by atoms with van der Waals surface area (Å²) in [6, 6.07) is 19.6. The van der Waals surface area contributed by atoms with Crippen molar-refractivity contribution in [2.24, 2.45) is 0 Å². The number of carbonyl (C=O) groups excluding carboxylic acids is 2. The molecule has 1 aliphatic rings. The summed E-state index contributed by atoms with van der Waals surface area (Å²) in [4.78, 5) is 28.3. The minimum atomic E-state index is -0.262. The lowest BCUT2D eigenvalue weighted by molar-refractivity contribution is -0.118. The van der Waals surface area contributed by atoms with Crippen LogP contribution in [0.15, 0.2) is 66.0 Å². The minimum Gasteiger partial charge on any atom is -0.484 e. The van der Waals surface area contributed by atoms with Gasteiger partial charge in [0.1, 0.15) is 5.75 Å². The Bertz CT molecular complexity index is 1300. The van der Waals surface area contributed by atoms with Crippen molar-refractivity contribution < 1.29 is 14.3 Å². The maximum atomic E-state index is 12.3. The van der Waals surface area contributed by atoms with E-state index in [-0.39, 0.29) is 18.4 Å². The molecule has 0 aliphatic carbocycles. The molecule has 0 saturated heterocycles. The van der Waals surface area contributed by atoms with Crippen LogP contribution >= 0.6 is 11.3 Å². The van der Waals surface area contributed by atoms with E-state index in [0.717, 1.165) is 39.7 Å². The van der Waals surface area contributed by atoms with Gasteiger partial charge in [-0.15, -0.1) is 11.3 Å². The van der Waals surface area contributed by atoms with E-state index in [0.29, 0.717) is 17.3 Å². The van der Waals surface area contributed by atoms with Gasteiger partial charge in [-0.3, -0.25) is 14.9 Å². The number of hydrogen-bond donors (Lipinski definition) is 2. The number of benzene rings is 3. The van der Waals surface area contributed by atoms with E-state index in [9.17, 15) is 9.59 Å². The van der Waals surface area contributed by atoms with Crippen LogP contribution in [0.5, 0.6) is 5.75 Å². The van der Waals surface area contributed by atoms with Gasteiger partial charge in [0.25, 0.3) is 5.91 Å². The monoisotopic (exact) mass is 429 g/mol. The number of aryl methyl sites for hydroxylation is 1. The number of carbonyl (C=O) groups is 2. The lowest BCUT2D eigenvalue weighted by Gasteiger charge is -2.17. The SMILES string of the molecule is O=C(COc1ccc2ccccc2c1)Nc1nc(-c2ccc3c(c2)CCC(=O)N3)cs1. The van der Waals surface area contributed by atoms with Crippen LogP contribution < -0.4 is 15.4 Å². The molecule has 1 aromatic heterocycles. The summed E-state index contributed by atoms with van der Waals surface area (Å²) >= 11 is 1.37. The molecule has 0 saturated carbocycles.